The quantitative estimate of drug-likeness (QED) is 0.775. The molecule has 0 aliphatic heterocycles. The summed E-state index contributed by atoms with van der Waals surface area (Å²) in [6.07, 6.45) is 0. The van der Waals surface area contributed by atoms with E-state index in [1.165, 1.54) is 6.07 Å². The van der Waals surface area contributed by atoms with Crippen molar-refractivity contribution in [3.05, 3.63) is 28.5 Å². The first-order chi connectivity index (χ1) is 6.06. The highest BCUT2D eigenvalue weighted by Gasteiger charge is 2.12. The van der Waals surface area contributed by atoms with Gasteiger partial charge >= 0.3 is 0 Å². The number of nitrogens with two attached hydrogens (primary N) is 1. The molecule has 1 aromatic carbocycles. The van der Waals surface area contributed by atoms with Crippen molar-refractivity contribution in [2.75, 3.05) is 6.54 Å². The van der Waals surface area contributed by atoms with Crippen molar-refractivity contribution in [3.8, 4) is 5.75 Å². The van der Waals surface area contributed by atoms with Crippen LogP contribution in [0.25, 0.3) is 0 Å². The highest BCUT2D eigenvalue weighted by Crippen LogP contribution is 2.30. The zero-order chi connectivity index (χ0) is 10.0. The van der Waals surface area contributed by atoms with Crippen molar-refractivity contribution in [1.29, 1.82) is 0 Å². The average Bonchev–Trinajstić information content (AvgIpc) is 2.10. The lowest BCUT2D eigenvalue weighted by molar-refractivity contribution is 0.457. The van der Waals surface area contributed by atoms with Gasteiger partial charge in [0.2, 0.25) is 0 Å². The van der Waals surface area contributed by atoms with E-state index in [-0.39, 0.29) is 16.7 Å². The largest absolute Gasteiger partial charge is 0.508 e. The van der Waals surface area contributed by atoms with Crippen LogP contribution in [-0.4, -0.2) is 11.7 Å². The molecule has 0 radical (unpaired) electrons. The fourth-order valence-electron chi connectivity index (χ4n) is 1.07. The van der Waals surface area contributed by atoms with Crippen LogP contribution in [-0.2, 0) is 0 Å². The Morgan fingerprint density at radius 1 is 1.62 bits per heavy atom. The molecule has 1 rings (SSSR count). The maximum atomic E-state index is 12.8. The zero-order valence-electron chi connectivity index (χ0n) is 7.22. The third-order valence-electron chi connectivity index (χ3n) is 1.95. The topological polar surface area (TPSA) is 46.2 Å². The summed E-state index contributed by atoms with van der Waals surface area (Å²) < 4.78 is 12.8. The summed E-state index contributed by atoms with van der Waals surface area (Å²) in [6, 6.07) is 2.41. The summed E-state index contributed by atoms with van der Waals surface area (Å²) in [6.45, 7) is 2.22. The lowest BCUT2D eigenvalue weighted by Gasteiger charge is -2.11. The molecule has 2 nitrogen and oxygen atoms in total. The summed E-state index contributed by atoms with van der Waals surface area (Å²) in [7, 11) is 0. The predicted molar refractivity (Wildman–Crippen MR) is 50.5 cm³/mol. The Kier molecular flexibility index (Phi) is 3.12. The van der Waals surface area contributed by atoms with Gasteiger partial charge in [0.15, 0.2) is 0 Å². The smallest absolute Gasteiger partial charge is 0.145 e. The molecule has 0 amide bonds. The van der Waals surface area contributed by atoms with E-state index < -0.39 is 5.82 Å². The maximum absolute atomic E-state index is 12.8. The van der Waals surface area contributed by atoms with Crippen molar-refractivity contribution >= 4 is 11.6 Å². The first kappa shape index (κ1) is 10.3. The van der Waals surface area contributed by atoms with Crippen LogP contribution in [0, 0.1) is 5.82 Å². The number of hydrogen-bond acceptors (Lipinski definition) is 2. The number of phenols is 1. The molecule has 0 fully saturated rings. The summed E-state index contributed by atoms with van der Waals surface area (Å²) in [5.41, 5.74) is 5.99. The van der Waals surface area contributed by atoms with E-state index in [1.807, 2.05) is 6.92 Å². The number of benzene rings is 1. The van der Waals surface area contributed by atoms with Gasteiger partial charge in [0.05, 0.1) is 5.02 Å². The normalized spacial score (nSPS) is 12.9. The highest BCUT2D eigenvalue weighted by atomic mass is 35.5. The molecular formula is C9H11ClFNO. The Morgan fingerprint density at radius 2 is 2.23 bits per heavy atom. The van der Waals surface area contributed by atoms with E-state index in [2.05, 4.69) is 0 Å². The molecule has 1 unspecified atom stereocenters. The first-order valence-electron chi connectivity index (χ1n) is 3.94. The van der Waals surface area contributed by atoms with Gasteiger partial charge < -0.3 is 10.8 Å². The van der Waals surface area contributed by atoms with E-state index in [0.717, 1.165) is 6.07 Å². The molecule has 0 aliphatic rings. The molecule has 0 bridgehead atoms. The molecule has 0 aliphatic carbocycles. The molecule has 0 saturated carbocycles. The van der Waals surface area contributed by atoms with Crippen LogP contribution in [0.15, 0.2) is 12.1 Å². The number of aromatic hydroxyl groups is 1. The molecule has 1 aromatic rings. The summed E-state index contributed by atoms with van der Waals surface area (Å²) in [5.74, 6) is -0.745. The van der Waals surface area contributed by atoms with Crippen molar-refractivity contribution in [1.82, 2.24) is 0 Å². The fraction of sp³-hybridized carbons (Fsp3) is 0.333. The minimum atomic E-state index is -0.618. The average molecular weight is 204 g/mol. The lowest BCUT2D eigenvalue weighted by atomic mass is 10.0. The summed E-state index contributed by atoms with van der Waals surface area (Å²) in [5, 5.41) is 9.37. The molecule has 0 heterocycles. The van der Waals surface area contributed by atoms with E-state index in [1.54, 1.807) is 0 Å². The monoisotopic (exact) mass is 203 g/mol. The van der Waals surface area contributed by atoms with Crippen molar-refractivity contribution in [3.63, 3.8) is 0 Å². The lowest BCUT2D eigenvalue weighted by Crippen LogP contribution is -2.09. The number of hydrogen-bond donors (Lipinski definition) is 2. The number of halogens is 2. The van der Waals surface area contributed by atoms with Crippen LogP contribution in [0.3, 0.4) is 0 Å². The molecule has 3 N–H and O–H groups in total. The molecule has 4 heteroatoms. The van der Waals surface area contributed by atoms with E-state index in [4.69, 9.17) is 17.3 Å². The van der Waals surface area contributed by atoms with Gasteiger partial charge in [-0.15, -0.1) is 0 Å². The maximum Gasteiger partial charge on any atom is 0.145 e. The van der Waals surface area contributed by atoms with E-state index >= 15 is 0 Å². The molecule has 1 atom stereocenters. The summed E-state index contributed by atoms with van der Waals surface area (Å²) >= 11 is 5.56. The zero-order valence-corrected chi connectivity index (χ0v) is 7.98. The second-order valence-corrected chi connectivity index (χ2v) is 3.37. The van der Waals surface area contributed by atoms with Gasteiger partial charge in [-0.1, -0.05) is 18.5 Å². The van der Waals surface area contributed by atoms with E-state index in [9.17, 15) is 9.50 Å². The third kappa shape index (κ3) is 2.11. The third-order valence-corrected chi connectivity index (χ3v) is 2.24. The Morgan fingerprint density at radius 3 is 2.77 bits per heavy atom. The van der Waals surface area contributed by atoms with Gasteiger partial charge in [0, 0.05) is 6.07 Å². The van der Waals surface area contributed by atoms with Crippen LogP contribution in [0.2, 0.25) is 5.02 Å². The van der Waals surface area contributed by atoms with Crippen LogP contribution in [0.4, 0.5) is 4.39 Å². The second kappa shape index (κ2) is 3.94. The Balaban J connectivity index is 3.15. The summed E-state index contributed by atoms with van der Waals surface area (Å²) in [4.78, 5) is 0. The van der Waals surface area contributed by atoms with Gasteiger partial charge in [0.25, 0.3) is 0 Å². The van der Waals surface area contributed by atoms with Crippen molar-refractivity contribution in [2.24, 2.45) is 5.73 Å². The van der Waals surface area contributed by atoms with Gasteiger partial charge in [-0.05, 0) is 24.1 Å². The van der Waals surface area contributed by atoms with Crippen molar-refractivity contribution in [2.45, 2.75) is 12.8 Å². The molecule has 0 spiro atoms. The van der Waals surface area contributed by atoms with Crippen LogP contribution in [0.5, 0.6) is 5.75 Å². The van der Waals surface area contributed by atoms with Crippen LogP contribution >= 0.6 is 11.6 Å². The van der Waals surface area contributed by atoms with Gasteiger partial charge in [0.1, 0.15) is 11.6 Å². The molecule has 0 aromatic heterocycles. The Labute approximate surface area is 81.1 Å². The Bertz CT molecular complexity index is 317. The highest BCUT2D eigenvalue weighted by molar-refractivity contribution is 6.30. The number of rotatable bonds is 2. The van der Waals surface area contributed by atoms with Gasteiger partial charge in [-0.2, -0.15) is 0 Å². The van der Waals surface area contributed by atoms with Gasteiger partial charge in [-0.25, -0.2) is 4.39 Å². The standard InChI is InChI=1S/C9H11ClFNO/c1-5(4-12)6-2-7(10)8(11)3-9(6)13/h2-3,5,13H,4,12H2,1H3. The fourth-order valence-corrected chi connectivity index (χ4v) is 1.25. The minimum Gasteiger partial charge on any atom is -0.508 e. The van der Waals surface area contributed by atoms with Crippen LogP contribution < -0.4 is 5.73 Å². The molecule has 0 saturated heterocycles. The first-order valence-corrected chi connectivity index (χ1v) is 4.32. The number of phenolic OH excluding ortho intramolecular Hbond substituents is 1. The van der Waals surface area contributed by atoms with Gasteiger partial charge in [-0.3, -0.25) is 0 Å². The minimum absolute atomic E-state index is 0.00750. The molecule has 13 heavy (non-hydrogen) atoms. The Hall–Kier alpha value is -0.800. The van der Waals surface area contributed by atoms with Crippen LogP contribution in [0.1, 0.15) is 18.4 Å². The molecular weight excluding hydrogens is 193 g/mol. The SMILES string of the molecule is CC(CN)c1cc(Cl)c(F)cc1O. The second-order valence-electron chi connectivity index (χ2n) is 2.96. The predicted octanol–water partition coefficient (Wildman–Crippen LogP) is 2.25. The van der Waals surface area contributed by atoms with Crippen molar-refractivity contribution < 1.29 is 9.50 Å². The molecule has 72 valence electrons. The van der Waals surface area contributed by atoms with E-state index in [0.29, 0.717) is 12.1 Å².